The van der Waals surface area contributed by atoms with E-state index in [1.165, 1.54) is 0 Å². The summed E-state index contributed by atoms with van der Waals surface area (Å²) in [5, 5.41) is 25.4. The van der Waals surface area contributed by atoms with E-state index in [0.29, 0.717) is 84.8 Å². The Hall–Kier alpha value is -4.98. The van der Waals surface area contributed by atoms with E-state index in [9.17, 15) is 19.8 Å². The molecule has 13 heteroatoms. The highest BCUT2D eigenvalue weighted by Crippen LogP contribution is 2.54. The summed E-state index contributed by atoms with van der Waals surface area (Å²) in [5.41, 5.74) is 5.64. The van der Waals surface area contributed by atoms with Crippen molar-refractivity contribution in [3.63, 3.8) is 0 Å². The number of nitrogens with zero attached hydrogens (tertiary/aromatic N) is 2. The maximum Gasteiger partial charge on any atom is 0.205 e. The van der Waals surface area contributed by atoms with Gasteiger partial charge in [-0.3, -0.25) is 0 Å². The van der Waals surface area contributed by atoms with Crippen LogP contribution < -0.4 is 38.6 Å². The molecule has 57 heavy (non-hydrogen) atoms. The zero-order valence-corrected chi connectivity index (χ0v) is 35.0. The number of fused-ring (bicyclic) bond motifs is 2. The number of carbonyl (C=O) groups is 2. The molecule has 4 aromatic carbocycles. The number of quaternary nitrogens is 2. The van der Waals surface area contributed by atoms with Crippen LogP contribution in [0.5, 0.6) is 46.0 Å². The molecule has 4 aliphatic rings. The maximum atomic E-state index is 12.8. The van der Waals surface area contributed by atoms with Crippen molar-refractivity contribution in [2.45, 2.75) is 63.7 Å². The van der Waals surface area contributed by atoms with Crippen molar-refractivity contribution < 1.29 is 57.2 Å². The Morgan fingerprint density at radius 2 is 1.30 bits per heavy atom. The van der Waals surface area contributed by atoms with E-state index >= 15 is 0 Å². The molecule has 4 aliphatic heterocycles. The summed E-state index contributed by atoms with van der Waals surface area (Å²) in [6.07, 6.45) is 2.03. The van der Waals surface area contributed by atoms with Crippen molar-refractivity contribution in [2.75, 3.05) is 54.0 Å². The fourth-order valence-electron chi connectivity index (χ4n) is 9.07. The van der Waals surface area contributed by atoms with Gasteiger partial charge in [0.25, 0.3) is 0 Å². The lowest BCUT2D eigenvalue weighted by Gasteiger charge is -2.50. The van der Waals surface area contributed by atoms with Gasteiger partial charge >= 0.3 is 0 Å². The molecule has 4 heterocycles. The number of likely N-dealkylation sites (N-methyl/N-ethyl adjacent to an activating group) is 2. The first kappa shape index (κ1) is 40.2. The summed E-state index contributed by atoms with van der Waals surface area (Å²) in [7, 11) is 8.67. The van der Waals surface area contributed by atoms with Crippen LogP contribution in [0.1, 0.15) is 59.3 Å². The van der Waals surface area contributed by atoms with Crippen LogP contribution in [0, 0.1) is 0 Å². The second-order valence-corrected chi connectivity index (χ2v) is 16.1. The second kappa shape index (κ2) is 15.8. The maximum absolute atomic E-state index is 12.8. The topological polar surface area (TPSA) is 136 Å². The molecule has 0 fully saturated rings. The number of carboxylic acid groups (broad SMARTS) is 2. The van der Waals surface area contributed by atoms with Gasteiger partial charge in [0.05, 0.1) is 66.0 Å². The number of methoxy groups -OCH3 is 3. The van der Waals surface area contributed by atoms with Crippen molar-refractivity contribution in [2.24, 2.45) is 0 Å². The molecule has 8 rings (SSSR count). The summed E-state index contributed by atoms with van der Waals surface area (Å²) >= 11 is 3.45. The largest absolute Gasteiger partial charge is 0.544 e. The van der Waals surface area contributed by atoms with Gasteiger partial charge in [0, 0.05) is 31.2 Å². The average molecular weight is 846 g/mol. The van der Waals surface area contributed by atoms with Gasteiger partial charge in [0.2, 0.25) is 5.75 Å². The van der Waals surface area contributed by atoms with E-state index in [1.54, 1.807) is 35.2 Å². The van der Waals surface area contributed by atoms with Crippen molar-refractivity contribution in [3.8, 4) is 46.0 Å². The molecular formula is C44H49BrN2O10. The minimum absolute atomic E-state index is 0.107. The molecule has 6 unspecified atom stereocenters. The molecule has 4 aromatic rings. The fourth-order valence-corrected chi connectivity index (χ4v) is 9.30. The second-order valence-electron chi connectivity index (χ2n) is 15.7. The third kappa shape index (κ3) is 7.14. The van der Waals surface area contributed by atoms with E-state index < -0.39 is 30.1 Å². The molecule has 0 spiro atoms. The Morgan fingerprint density at radius 3 is 1.91 bits per heavy atom. The van der Waals surface area contributed by atoms with Gasteiger partial charge in [0.1, 0.15) is 35.4 Å². The minimum Gasteiger partial charge on any atom is -0.544 e. The highest BCUT2D eigenvalue weighted by molar-refractivity contribution is 9.09. The molecular weight excluding hydrogens is 796 g/mol. The zero-order valence-electron chi connectivity index (χ0n) is 33.4. The lowest BCUT2D eigenvalue weighted by atomic mass is 9.84. The highest BCUT2D eigenvalue weighted by atomic mass is 79.9. The molecule has 0 aromatic heterocycles. The SMILES string of the molecule is COc1ccc2cc1Oc1ccc(cc1)CC1c3cc(c(OC)cc3CC[N+]1(C)C(C)C(=O)[O-])Oc1c(OCBr)c(OC)cc3c1C(C2)[N+](C)(C(C)C(=O)[O-])CC3. The van der Waals surface area contributed by atoms with E-state index in [1.807, 2.05) is 74.8 Å². The van der Waals surface area contributed by atoms with Crippen LogP contribution in [0.4, 0.5) is 0 Å². The van der Waals surface area contributed by atoms with E-state index in [0.717, 1.165) is 33.4 Å². The summed E-state index contributed by atoms with van der Waals surface area (Å²) in [6, 6.07) is 16.9. The first-order valence-corrected chi connectivity index (χ1v) is 20.2. The van der Waals surface area contributed by atoms with Crippen molar-refractivity contribution in [3.05, 3.63) is 94.0 Å². The van der Waals surface area contributed by atoms with Crippen LogP contribution in [0.2, 0.25) is 0 Å². The lowest BCUT2D eigenvalue weighted by Crippen LogP contribution is -2.62. The van der Waals surface area contributed by atoms with E-state index in [4.69, 9.17) is 28.4 Å². The minimum atomic E-state index is -1.16. The number of hydrogen-bond acceptors (Lipinski definition) is 10. The van der Waals surface area contributed by atoms with Crippen LogP contribution in [-0.4, -0.2) is 87.0 Å². The molecule has 0 aliphatic carbocycles. The molecule has 302 valence electrons. The number of benzene rings is 4. The Bertz CT molecular complexity index is 2190. The average Bonchev–Trinajstić information content (AvgIpc) is 3.20. The summed E-state index contributed by atoms with van der Waals surface area (Å²) in [4.78, 5) is 25.4. The number of ether oxygens (including phenoxy) is 6. The molecule has 0 amide bonds. The first-order valence-electron chi connectivity index (χ1n) is 19.1. The predicted molar refractivity (Wildman–Crippen MR) is 211 cm³/mol. The van der Waals surface area contributed by atoms with Gasteiger partial charge in [0.15, 0.2) is 34.5 Å². The van der Waals surface area contributed by atoms with Gasteiger partial charge in [-0.25, -0.2) is 0 Å². The Kier molecular flexibility index (Phi) is 11.1. The van der Waals surface area contributed by atoms with Gasteiger partial charge in [-0.15, -0.1) is 0 Å². The summed E-state index contributed by atoms with van der Waals surface area (Å²) in [5.74, 6) is 1.40. The normalized spacial score (nSPS) is 23.3. The molecule has 6 bridgehead atoms. The Balaban J connectivity index is 1.55. The van der Waals surface area contributed by atoms with Gasteiger partial charge < -0.3 is 57.2 Å². The number of carbonyl (C=O) groups excluding carboxylic acids is 2. The number of carboxylic acids is 2. The summed E-state index contributed by atoms with van der Waals surface area (Å²) in [6.45, 7) is 4.46. The third-order valence-electron chi connectivity index (χ3n) is 12.9. The Labute approximate surface area is 341 Å². The molecule has 0 N–H and O–H groups in total. The van der Waals surface area contributed by atoms with E-state index in [-0.39, 0.29) is 20.5 Å². The zero-order chi connectivity index (χ0) is 40.8. The van der Waals surface area contributed by atoms with Crippen LogP contribution in [0.3, 0.4) is 0 Å². The number of halogens is 1. The smallest absolute Gasteiger partial charge is 0.205 e. The van der Waals surface area contributed by atoms with Crippen LogP contribution in [0.25, 0.3) is 0 Å². The number of hydrogen-bond donors (Lipinski definition) is 0. The predicted octanol–water partition coefficient (Wildman–Crippen LogP) is 5.19. The fraction of sp³-hybridized carbons (Fsp3) is 0.409. The number of alkyl halides is 1. The molecule has 0 saturated heterocycles. The number of aliphatic carboxylic acids is 2. The van der Waals surface area contributed by atoms with Crippen molar-refractivity contribution in [1.82, 2.24) is 0 Å². The quantitative estimate of drug-likeness (QED) is 0.164. The molecule has 6 atom stereocenters. The van der Waals surface area contributed by atoms with Gasteiger partial charge in [-0.05, 0) is 94.5 Å². The highest BCUT2D eigenvalue weighted by Gasteiger charge is 2.48. The standard InChI is InChI=1S/C44H49BrN2O10/c1-25(43(48)49)46(3)16-14-29-21-36(53-6)38-23-32(29)33(46)18-27-8-11-31(12-9-27)56-37-20-28(10-13-35(37)52-5)19-34-40-30(15-17-47(34,4)26(2)44(50)51)22-39(54-7)41(55-24-45)42(40)57-38/h8-13,20-23,25-26,33-34H,14-19,24H2,1-7H3. The van der Waals surface area contributed by atoms with E-state index in [2.05, 4.69) is 15.9 Å². The Morgan fingerprint density at radius 1 is 0.737 bits per heavy atom. The van der Waals surface area contributed by atoms with Gasteiger partial charge in [-0.1, -0.05) is 18.2 Å². The van der Waals surface area contributed by atoms with Crippen LogP contribution in [-0.2, 0) is 35.3 Å². The number of rotatable bonds is 9. The first-order chi connectivity index (χ1) is 27.3. The van der Waals surface area contributed by atoms with Crippen molar-refractivity contribution in [1.29, 1.82) is 0 Å². The van der Waals surface area contributed by atoms with Gasteiger partial charge in [-0.2, -0.15) is 0 Å². The third-order valence-corrected chi connectivity index (χ3v) is 13.1. The monoisotopic (exact) mass is 844 g/mol. The summed E-state index contributed by atoms with van der Waals surface area (Å²) < 4.78 is 37.9. The van der Waals surface area contributed by atoms with Crippen LogP contribution in [0.15, 0.2) is 60.7 Å². The molecule has 0 radical (unpaired) electrons. The van der Waals surface area contributed by atoms with Crippen molar-refractivity contribution >= 4 is 27.9 Å². The molecule has 12 nitrogen and oxygen atoms in total. The molecule has 0 saturated carbocycles. The van der Waals surface area contributed by atoms with Crippen LogP contribution >= 0.6 is 15.9 Å². The lowest BCUT2D eigenvalue weighted by molar-refractivity contribution is -0.956.